The fourth-order valence-electron chi connectivity index (χ4n) is 3.14. The number of aromatic nitrogens is 3. The van der Waals surface area contributed by atoms with Gasteiger partial charge in [-0.25, -0.2) is 4.98 Å². The topological polar surface area (TPSA) is 98.1 Å². The maximum absolute atomic E-state index is 11.9. The number of nitrogens with two attached hydrogens (primary N) is 1. The summed E-state index contributed by atoms with van der Waals surface area (Å²) >= 11 is 0. The van der Waals surface area contributed by atoms with Crippen molar-refractivity contribution < 1.29 is 9.32 Å². The van der Waals surface area contributed by atoms with Crippen LogP contribution in [0, 0.1) is 6.07 Å². The minimum Gasteiger partial charge on any atom is -0.368 e. The Morgan fingerprint density at radius 3 is 2.91 bits per heavy atom. The smallest absolute Gasteiger partial charge is 0.240 e. The molecule has 1 radical (unpaired) electrons. The highest BCUT2D eigenvalue weighted by Gasteiger charge is 2.37. The van der Waals surface area contributed by atoms with Gasteiger partial charge in [0.25, 0.3) is 0 Å². The van der Waals surface area contributed by atoms with E-state index in [-0.39, 0.29) is 11.8 Å². The second-order valence-corrected chi connectivity index (χ2v) is 6.21. The molecular weight excluding hydrogens is 294 g/mol. The quantitative estimate of drug-likeness (QED) is 0.916. The Balaban J connectivity index is 1.54. The molecule has 1 saturated carbocycles. The van der Waals surface area contributed by atoms with E-state index in [9.17, 15) is 4.79 Å². The van der Waals surface area contributed by atoms with Crippen molar-refractivity contribution in [3.8, 4) is 0 Å². The van der Waals surface area contributed by atoms with Gasteiger partial charge in [0.2, 0.25) is 11.8 Å². The number of piperidine rings is 1. The molecule has 2 aliphatic rings. The molecule has 0 spiro atoms. The molecule has 4 rings (SSSR count). The van der Waals surface area contributed by atoms with Crippen LogP contribution < -0.4 is 10.6 Å². The van der Waals surface area contributed by atoms with Gasteiger partial charge in [-0.2, -0.15) is 4.98 Å². The van der Waals surface area contributed by atoms with Crippen LogP contribution >= 0.6 is 0 Å². The van der Waals surface area contributed by atoms with Crippen LogP contribution in [0.15, 0.2) is 22.9 Å². The summed E-state index contributed by atoms with van der Waals surface area (Å²) in [6.45, 7) is 0.677. The fourth-order valence-corrected chi connectivity index (χ4v) is 3.14. The number of carbonyl (C=O) groups excluding carboxylic acids is 1. The van der Waals surface area contributed by atoms with Gasteiger partial charge >= 0.3 is 0 Å². The van der Waals surface area contributed by atoms with E-state index in [2.05, 4.69) is 21.2 Å². The van der Waals surface area contributed by atoms with Crippen molar-refractivity contribution in [2.75, 3.05) is 11.4 Å². The van der Waals surface area contributed by atoms with Crippen LogP contribution in [-0.2, 0) is 4.79 Å². The van der Waals surface area contributed by atoms with Crippen LogP contribution in [0.25, 0.3) is 0 Å². The highest BCUT2D eigenvalue weighted by Crippen LogP contribution is 2.39. The fraction of sp³-hybridized carbons (Fsp3) is 0.500. The van der Waals surface area contributed by atoms with Gasteiger partial charge in [0.05, 0.1) is 0 Å². The molecule has 0 bridgehead atoms. The Hall–Kier alpha value is -2.44. The molecule has 2 fully saturated rings. The molecule has 2 N–H and O–H groups in total. The zero-order chi connectivity index (χ0) is 15.8. The molecule has 3 heterocycles. The molecule has 2 unspecified atom stereocenters. The average Bonchev–Trinajstić information content (AvgIpc) is 3.32. The zero-order valence-electron chi connectivity index (χ0n) is 12.7. The minimum absolute atomic E-state index is 0.0685. The average molecular weight is 312 g/mol. The van der Waals surface area contributed by atoms with Gasteiger partial charge in [0.15, 0.2) is 5.82 Å². The molecular formula is C16H18N5O2. The molecule has 1 aliphatic heterocycles. The monoisotopic (exact) mass is 312 g/mol. The lowest BCUT2D eigenvalue weighted by Gasteiger charge is -2.37. The van der Waals surface area contributed by atoms with Crippen molar-refractivity contribution in [2.45, 2.75) is 43.6 Å². The first kappa shape index (κ1) is 14.2. The Morgan fingerprint density at radius 2 is 2.22 bits per heavy atom. The third-order valence-electron chi connectivity index (χ3n) is 4.57. The molecule has 7 heteroatoms. The summed E-state index contributed by atoms with van der Waals surface area (Å²) in [7, 11) is 0. The van der Waals surface area contributed by atoms with Gasteiger partial charge in [-0.05, 0) is 37.8 Å². The van der Waals surface area contributed by atoms with E-state index in [4.69, 9.17) is 10.3 Å². The standard InChI is InChI=1S/C16H18N5O2/c17-14(22)12-9-11(16-19-15(20-23-16)10-4-5-10)6-8-21(12)13-3-1-2-7-18-13/h1,3,7,10-12H,4-6,8-9H2,(H2,17,22). The first-order chi connectivity index (χ1) is 11.2. The lowest BCUT2D eigenvalue weighted by Crippen LogP contribution is -2.50. The molecule has 119 valence electrons. The molecule has 1 aliphatic carbocycles. The van der Waals surface area contributed by atoms with E-state index in [0.717, 1.165) is 30.9 Å². The summed E-state index contributed by atoms with van der Waals surface area (Å²) in [6, 6.07) is 6.09. The number of rotatable bonds is 4. The molecule has 2 aromatic rings. The summed E-state index contributed by atoms with van der Waals surface area (Å²) in [4.78, 5) is 22.7. The highest BCUT2D eigenvalue weighted by atomic mass is 16.5. The van der Waals surface area contributed by atoms with Crippen LogP contribution in [0.3, 0.4) is 0 Å². The minimum atomic E-state index is -0.417. The normalized spacial score (nSPS) is 24.6. The number of hydrogen-bond acceptors (Lipinski definition) is 6. The Bertz CT molecular complexity index is 698. The largest absolute Gasteiger partial charge is 0.368 e. The van der Waals surface area contributed by atoms with E-state index < -0.39 is 6.04 Å². The summed E-state index contributed by atoms with van der Waals surface area (Å²) in [5.41, 5.74) is 5.62. The number of carbonyl (C=O) groups is 1. The van der Waals surface area contributed by atoms with Crippen LogP contribution in [0.2, 0.25) is 0 Å². The summed E-state index contributed by atoms with van der Waals surface area (Å²) in [5.74, 6) is 2.36. The lowest BCUT2D eigenvalue weighted by molar-refractivity contribution is -0.119. The summed E-state index contributed by atoms with van der Waals surface area (Å²) in [6.07, 6.45) is 5.27. The number of nitrogens with zero attached hydrogens (tertiary/aromatic N) is 4. The van der Waals surface area contributed by atoms with Crippen molar-refractivity contribution in [1.82, 2.24) is 15.1 Å². The second kappa shape index (κ2) is 5.64. The third-order valence-corrected chi connectivity index (χ3v) is 4.57. The van der Waals surface area contributed by atoms with Crippen LogP contribution in [0.4, 0.5) is 5.82 Å². The third kappa shape index (κ3) is 2.78. The van der Waals surface area contributed by atoms with E-state index >= 15 is 0 Å². The van der Waals surface area contributed by atoms with E-state index in [1.165, 1.54) is 0 Å². The van der Waals surface area contributed by atoms with Gasteiger partial charge in [0.1, 0.15) is 11.9 Å². The predicted molar refractivity (Wildman–Crippen MR) is 81.6 cm³/mol. The highest BCUT2D eigenvalue weighted by molar-refractivity contribution is 5.83. The van der Waals surface area contributed by atoms with Crippen molar-refractivity contribution >= 4 is 11.7 Å². The lowest BCUT2D eigenvalue weighted by atomic mass is 9.90. The molecule has 2 atom stereocenters. The molecule has 2 aromatic heterocycles. The Morgan fingerprint density at radius 1 is 1.35 bits per heavy atom. The van der Waals surface area contributed by atoms with Gasteiger partial charge in [-0.1, -0.05) is 5.16 Å². The van der Waals surface area contributed by atoms with E-state index in [0.29, 0.717) is 24.8 Å². The molecule has 1 saturated heterocycles. The molecule has 0 aromatic carbocycles. The van der Waals surface area contributed by atoms with E-state index in [1.807, 2.05) is 11.0 Å². The summed E-state index contributed by atoms with van der Waals surface area (Å²) < 4.78 is 5.42. The van der Waals surface area contributed by atoms with Gasteiger partial charge < -0.3 is 15.2 Å². The number of primary amides is 1. The van der Waals surface area contributed by atoms with Crippen molar-refractivity contribution in [3.63, 3.8) is 0 Å². The number of anilines is 1. The Kier molecular flexibility index (Phi) is 3.48. The maximum atomic E-state index is 11.9. The summed E-state index contributed by atoms with van der Waals surface area (Å²) in [5, 5.41) is 4.07. The van der Waals surface area contributed by atoms with Gasteiger partial charge in [0, 0.05) is 30.6 Å². The van der Waals surface area contributed by atoms with Gasteiger partial charge in [-0.3, -0.25) is 4.79 Å². The first-order valence-electron chi connectivity index (χ1n) is 7.94. The van der Waals surface area contributed by atoms with Crippen molar-refractivity contribution in [3.05, 3.63) is 36.1 Å². The molecule has 23 heavy (non-hydrogen) atoms. The number of hydrogen-bond donors (Lipinski definition) is 1. The number of pyridine rings is 1. The second-order valence-electron chi connectivity index (χ2n) is 6.21. The predicted octanol–water partition coefficient (Wildman–Crippen LogP) is 1.38. The van der Waals surface area contributed by atoms with Crippen molar-refractivity contribution in [1.29, 1.82) is 0 Å². The SMILES string of the molecule is NC(=O)C1CC(c2nc(C3CC3)no2)CCN1c1cc[c]cn1. The first-order valence-corrected chi connectivity index (χ1v) is 7.94. The van der Waals surface area contributed by atoms with Gasteiger partial charge in [-0.15, -0.1) is 0 Å². The number of amides is 1. The van der Waals surface area contributed by atoms with Crippen LogP contribution in [-0.4, -0.2) is 33.6 Å². The maximum Gasteiger partial charge on any atom is 0.240 e. The molecule has 1 amide bonds. The van der Waals surface area contributed by atoms with Crippen LogP contribution in [0.5, 0.6) is 0 Å². The van der Waals surface area contributed by atoms with E-state index in [1.54, 1.807) is 12.3 Å². The molecule has 7 nitrogen and oxygen atoms in total. The van der Waals surface area contributed by atoms with Crippen molar-refractivity contribution in [2.24, 2.45) is 5.73 Å². The Labute approximate surface area is 133 Å². The zero-order valence-corrected chi connectivity index (χ0v) is 12.7. The van der Waals surface area contributed by atoms with Crippen LogP contribution in [0.1, 0.15) is 49.2 Å².